The first-order valence-corrected chi connectivity index (χ1v) is 10.3. The van der Waals surface area contributed by atoms with Gasteiger partial charge in [-0.05, 0) is 36.3 Å². The highest BCUT2D eigenvalue weighted by Gasteiger charge is 2.16. The van der Waals surface area contributed by atoms with E-state index in [4.69, 9.17) is 9.15 Å². The summed E-state index contributed by atoms with van der Waals surface area (Å²) in [5.41, 5.74) is 2.29. The predicted octanol–water partition coefficient (Wildman–Crippen LogP) is 2.34. The summed E-state index contributed by atoms with van der Waals surface area (Å²) in [6.45, 7) is 6.37. The number of hydrogen-bond acceptors (Lipinski definition) is 5. The lowest BCUT2D eigenvalue weighted by molar-refractivity contribution is -0.121. The van der Waals surface area contributed by atoms with Crippen molar-refractivity contribution in [2.24, 2.45) is 0 Å². The molecule has 2 N–H and O–H groups in total. The largest absolute Gasteiger partial charge is 0.465 e. The number of nitrogens with one attached hydrogen (secondary N) is 2. The maximum atomic E-state index is 12.1. The molecule has 0 radical (unpaired) electrons. The zero-order valence-electron chi connectivity index (χ0n) is 17.3. The minimum atomic E-state index is -0.260. The van der Waals surface area contributed by atoms with Gasteiger partial charge in [0.1, 0.15) is 5.76 Å². The Balaban J connectivity index is 1.35. The van der Waals surface area contributed by atoms with E-state index in [1.165, 1.54) is 11.6 Å². The van der Waals surface area contributed by atoms with Gasteiger partial charge in [-0.15, -0.1) is 0 Å². The maximum absolute atomic E-state index is 12.1. The normalized spacial score (nSPS) is 17.2. The Morgan fingerprint density at radius 2 is 2.07 bits per heavy atom. The van der Waals surface area contributed by atoms with Gasteiger partial charge in [-0.3, -0.25) is 14.5 Å². The second-order valence-corrected chi connectivity index (χ2v) is 7.40. The zero-order chi connectivity index (χ0) is 21.2. The lowest BCUT2D eigenvalue weighted by Crippen LogP contribution is -2.40. The minimum Gasteiger partial charge on any atom is -0.465 e. The molecule has 1 aromatic heterocycles. The van der Waals surface area contributed by atoms with Crippen molar-refractivity contribution >= 4 is 17.9 Å². The number of furan rings is 1. The quantitative estimate of drug-likeness (QED) is 0.619. The molecule has 1 unspecified atom stereocenters. The number of ether oxygens (including phenoxy) is 1. The summed E-state index contributed by atoms with van der Waals surface area (Å²) in [6, 6.07) is 11.8. The highest BCUT2D eigenvalue weighted by molar-refractivity contribution is 5.91. The van der Waals surface area contributed by atoms with Crippen molar-refractivity contribution in [2.75, 3.05) is 26.2 Å². The topological polar surface area (TPSA) is 83.8 Å². The molecular weight excluding hydrogens is 382 g/mol. The summed E-state index contributed by atoms with van der Waals surface area (Å²) in [7, 11) is 0. The summed E-state index contributed by atoms with van der Waals surface area (Å²) < 4.78 is 10.7. The van der Waals surface area contributed by atoms with Gasteiger partial charge in [0, 0.05) is 45.2 Å². The number of benzene rings is 1. The van der Waals surface area contributed by atoms with Gasteiger partial charge in [-0.1, -0.05) is 24.3 Å². The number of rotatable bonds is 9. The zero-order valence-corrected chi connectivity index (χ0v) is 17.3. The van der Waals surface area contributed by atoms with Crippen molar-refractivity contribution in [3.05, 3.63) is 65.6 Å². The van der Waals surface area contributed by atoms with Crippen LogP contribution in [0.3, 0.4) is 0 Å². The van der Waals surface area contributed by atoms with Crippen molar-refractivity contribution in [2.45, 2.75) is 32.5 Å². The number of carbonyl (C=O) groups excluding carboxylic acids is 2. The van der Waals surface area contributed by atoms with Gasteiger partial charge >= 0.3 is 0 Å². The van der Waals surface area contributed by atoms with Crippen LogP contribution in [0.4, 0.5) is 0 Å². The molecule has 1 fully saturated rings. The first-order chi connectivity index (χ1) is 14.6. The first kappa shape index (κ1) is 21.8. The Morgan fingerprint density at radius 3 is 2.87 bits per heavy atom. The Bertz CT molecular complexity index is 848. The highest BCUT2D eigenvalue weighted by Crippen LogP contribution is 2.12. The summed E-state index contributed by atoms with van der Waals surface area (Å²) in [6.07, 6.45) is 5.01. The first-order valence-electron chi connectivity index (χ1n) is 10.3. The van der Waals surface area contributed by atoms with E-state index in [1.54, 1.807) is 24.5 Å². The van der Waals surface area contributed by atoms with Crippen LogP contribution in [-0.2, 0) is 27.4 Å². The molecule has 7 heteroatoms. The van der Waals surface area contributed by atoms with Gasteiger partial charge < -0.3 is 19.8 Å². The standard InChI is InChI=1S/C23H29N3O4/c1-18-16-26(11-13-29-18)17-20-5-2-4-19(14-20)15-25-23(28)9-10-24-22(27)8-7-21-6-3-12-30-21/h2-8,12,14,18H,9-11,13,15-17H2,1H3,(H,24,27)(H,25,28)/b8-7+. The third-order valence-corrected chi connectivity index (χ3v) is 4.81. The third-order valence-electron chi connectivity index (χ3n) is 4.81. The molecule has 1 atom stereocenters. The molecule has 2 amide bonds. The minimum absolute atomic E-state index is 0.0993. The van der Waals surface area contributed by atoms with Crippen molar-refractivity contribution in [1.82, 2.24) is 15.5 Å². The molecule has 3 rings (SSSR count). The van der Waals surface area contributed by atoms with Crippen LogP contribution in [0.5, 0.6) is 0 Å². The Morgan fingerprint density at radius 1 is 1.20 bits per heavy atom. The molecule has 0 aliphatic carbocycles. The van der Waals surface area contributed by atoms with Crippen LogP contribution in [0.15, 0.2) is 53.2 Å². The second-order valence-electron chi connectivity index (χ2n) is 7.40. The van der Waals surface area contributed by atoms with E-state index in [0.29, 0.717) is 12.3 Å². The average molecular weight is 412 g/mol. The van der Waals surface area contributed by atoms with E-state index in [-0.39, 0.29) is 30.9 Å². The molecule has 1 aliphatic heterocycles. The van der Waals surface area contributed by atoms with E-state index in [1.807, 2.05) is 12.1 Å². The van der Waals surface area contributed by atoms with Crippen molar-refractivity contribution in [3.63, 3.8) is 0 Å². The molecule has 0 spiro atoms. The highest BCUT2D eigenvalue weighted by atomic mass is 16.5. The smallest absolute Gasteiger partial charge is 0.244 e. The molecule has 0 saturated carbocycles. The van der Waals surface area contributed by atoms with Gasteiger partial charge in [0.2, 0.25) is 11.8 Å². The lowest BCUT2D eigenvalue weighted by Gasteiger charge is -2.31. The summed E-state index contributed by atoms with van der Waals surface area (Å²) in [5, 5.41) is 5.60. The number of morpholine rings is 1. The van der Waals surface area contributed by atoms with Crippen molar-refractivity contribution in [3.8, 4) is 0 Å². The molecule has 2 aromatic rings. The second kappa shape index (κ2) is 11.3. The fourth-order valence-electron chi connectivity index (χ4n) is 3.32. The van der Waals surface area contributed by atoms with Crippen molar-refractivity contribution in [1.29, 1.82) is 0 Å². The molecule has 160 valence electrons. The molecule has 1 aliphatic rings. The molecule has 1 saturated heterocycles. The lowest BCUT2D eigenvalue weighted by atomic mass is 10.1. The number of carbonyl (C=O) groups is 2. The van der Waals surface area contributed by atoms with Crippen molar-refractivity contribution < 1.29 is 18.7 Å². The number of amides is 2. The summed E-state index contributed by atoms with van der Waals surface area (Å²) >= 11 is 0. The molecule has 7 nitrogen and oxygen atoms in total. The van der Waals surface area contributed by atoms with Crippen LogP contribution in [0.1, 0.15) is 30.2 Å². The number of hydrogen-bond donors (Lipinski definition) is 2. The maximum Gasteiger partial charge on any atom is 0.244 e. The number of nitrogens with zero attached hydrogens (tertiary/aromatic N) is 1. The predicted molar refractivity (Wildman–Crippen MR) is 114 cm³/mol. The average Bonchev–Trinajstić information content (AvgIpc) is 3.25. The molecule has 30 heavy (non-hydrogen) atoms. The monoisotopic (exact) mass is 411 g/mol. The van der Waals surface area contributed by atoms with Crippen LogP contribution in [0.25, 0.3) is 6.08 Å². The van der Waals surface area contributed by atoms with E-state index >= 15 is 0 Å². The van der Waals surface area contributed by atoms with Gasteiger partial charge in [-0.25, -0.2) is 0 Å². The van der Waals surface area contributed by atoms with Gasteiger partial charge in [-0.2, -0.15) is 0 Å². The Labute approximate surface area is 177 Å². The fourth-order valence-corrected chi connectivity index (χ4v) is 3.32. The SMILES string of the molecule is CC1CN(Cc2cccc(CNC(=O)CCNC(=O)/C=C/c3ccco3)c2)CCO1. The van der Waals surface area contributed by atoms with Gasteiger partial charge in [0.05, 0.1) is 19.0 Å². The van der Waals surface area contributed by atoms with Crippen LogP contribution < -0.4 is 10.6 Å². The van der Waals surface area contributed by atoms with E-state index in [0.717, 1.165) is 31.8 Å². The summed E-state index contributed by atoms with van der Waals surface area (Å²) in [4.78, 5) is 26.2. The van der Waals surface area contributed by atoms with Gasteiger partial charge in [0.15, 0.2) is 0 Å². The van der Waals surface area contributed by atoms with E-state index in [9.17, 15) is 9.59 Å². The molecule has 2 heterocycles. The van der Waals surface area contributed by atoms with Crippen LogP contribution >= 0.6 is 0 Å². The summed E-state index contributed by atoms with van der Waals surface area (Å²) in [5.74, 6) is 0.246. The fraction of sp³-hybridized carbons (Fsp3) is 0.391. The van der Waals surface area contributed by atoms with E-state index in [2.05, 4.69) is 34.6 Å². The Kier molecular flexibility index (Phi) is 8.23. The van der Waals surface area contributed by atoms with Crippen LogP contribution in [0, 0.1) is 0 Å². The third kappa shape index (κ3) is 7.50. The van der Waals surface area contributed by atoms with Gasteiger partial charge in [0.25, 0.3) is 0 Å². The molecule has 1 aromatic carbocycles. The van der Waals surface area contributed by atoms with E-state index < -0.39 is 0 Å². The van der Waals surface area contributed by atoms with Crippen LogP contribution in [-0.4, -0.2) is 49.1 Å². The molecule has 0 bridgehead atoms. The molecular formula is C23H29N3O4. The Hall–Kier alpha value is -2.90. The van der Waals surface area contributed by atoms with Crippen LogP contribution in [0.2, 0.25) is 0 Å².